The number of hydrogen-bond donors (Lipinski definition) is 4. The van der Waals surface area contributed by atoms with Gasteiger partial charge < -0.3 is 36.1 Å². The highest BCUT2D eigenvalue weighted by Gasteiger charge is 2.32. The summed E-state index contributed by atoms with van der Waals surface area (Å²) in [7, 11) is 0. The van der Waals surface area contributed by atoms with Crippen molar-refractivity contribution in [1.82, 2.24) is 24.9 Å². The van der Waals surface area contributed by atoms with Crippen LogP contribution in [0.4, 0.5) is 0 Å². The number of nitrogens with one attached hydrogen (secondary N) is 1. The van der Waals surface area contributed by atoms with Crippen molar-refractivity contribution in [3.05, 3.63) is 41.3 Å². The molecular formula is C28H37N7O6. The Balaban J connectivity index is 1.22. The Morgan fingerprint density at radius 2 is 1.85 bits per heavy atom. The van der Waals surface area contributed by atoms with Gasteiger partial charge in [0.15, 0.2) is 0 Å². The summed E-state index contributed by atoms with van der Waals surface area (Å²) < 4.78 is 19.1. The van der Waals surface area contributed by atoms with E-state index < -0.39 is 11.5 Å². The van der Waals surface area contributed by atoms with E-state index in [1.807, 2.05) is 12.1 Å². The molecule has 13 nitrogen and oxygen atoms in total. The van der Waals surface area contributed by atoms with Gasteiger partial charge in [-0.3, -0.25) is 9.59 Å². The number of nitrogens with zero attached hydrogens (tertiary/aromatic N) is 4. The molecule has 0 aromatic carbocycles. The number of aromatic nitrogens is 4. The number of amides is 2. The molecule has 0 aliphatic heterocycles. The molecule has 3 aromatic heterocycles. The molecule has 2 aliphatic carbocycles. The van der Waals surface area contributed by atoms with E-state index in [2.05, 4.69) is 20.4 Å². The van der Waals surface area contributed by atoms with Crippen molar-refractivity contribution in [2.24, 2.45) is 11.5 Å². The summed E-state index contributed by atoms with van der Waals surface area (Å²) in [6, 6.07) is 3.71. The quantitative estimate of drug-likeness (QED) is 0.251. The van der Waals surface area contributed by atoms with Crippen LogP contribution < -0.4 is 31.0 Å². The molecular weight excluding hydrogens is 530 g/mol. The Morgan fingerprint density at radius 1 is 1.10 bits per heavy atom. The number of nitrogens with two attached hydrogens (primary N) is 2. The second-order valence-electron chi connectivity index (χ2n) is 11.3. The van der Waals surface area contributed by atoms with E-state index in [4.69, 9.17) is 25.7 Å². The van der Waals surface area contributed by atoms with Crippen molar-refractivity contribution in [2.45, 2.75) is 76.0 Å². The lowest BCUT2D eigenvalue weighted by Gasteiger charge is -2.29. The molecule has 0 saturated heterocycles. The van der Waals surface area contributed by atoms with E-state index >= 15 is 0 Å². The zero-order valence-electron chi connectivity index (χ0n) is 23.3. The number of ether oxygens (including phenoxy) is 3. The second-order valence-corrected chi connectivity index (χ2v) is 11.3. The van der Waals surface area contributed by atoms with Crippen LogP contribution >= 0.6 is 0 Å². The third-order valence-corrected chi connectivity index (χ3v) is 7.10. The highest BCUT2D eigenvalue weighted by molar-refractivity contribution is 6.01. The maximum absolute atomic E-state index is 13.3. The molecule has 0 radical (unpaired) electrons. The minimum atomic E-state index is -0.963. The van der Waals surface area contributed by atoms with Crippen molar-refractivity contribution in [3.8, 4) is 17.6 Å². The number of primary amides is 1. The van der Waals surface area contributed by atoms with Crippen LogP contribution in [0.3, 0.4) is 0 Å². The van der Waals surface area contributed by atoms with E-state index in [0.29, 0.717) is 55.0 Å². The summed E-state index contributed by atoms with van der Waals surface area (Å²) >= 11 is 0. The first kappa shape index (κ1) is 28.6. The molecule has 2 saturated carbocycles. The summed E-state index contributed by atoms with van der Waals surface area (Å²) in [5.41, 5.74) is 12.2. The molecule has 5 rings (SSSR count). The van der Waals surface area contributed by atoms with E-state index in [1.54, 1.807) is 24.6 Å². The van der Waals surface area contributed by atoms with Crippen LogP contribution in [-0.4, -0.2) is 74.0 Å². The normalized spacial score (nSPS) is 19.1. The zero-order chi connectivity index (χ0) is 29.1. The summed E-state index contributed by atoms with van der Waals surface area (Å²) in [6.07, 6.45) is 7.40. The summed E-state index contributed by atoms with van der Waals surface area (Å²) in [5.74, 6) is 0.188. The Morgan fingerprint density at radius 3 is 2.51 bits per heavy atom. The largest absolute Gasteiger partial charge is 0.489 e. The number of pyridine rings is 1. The number of carbonyl (C=O) groups excluding carboxylic acids is 2. The van der Waals surface area contributed by atoms with Crippen LogP contribution in [0.1, 0.15) is 84.7 Å². The van der Waals surface area contributed by atoms with Crippen molar-refractivity contribution < 1.29 is 28.9 Å². The predicted molar refractivity (Wildman–Crippen MR) is 148 cm³/mol. The van der Waals surface area contributed by atoms with E-state index in [-0.39, 0.29) is 48.7 Å². The first-order valence-corrected chi connectivity index (χ1v) is 14.0. The van der Waals surface area contributed by atoms with Gasteiger partial charge in [-0.05, 0) is 64.5 Å². The lowest BCUT2D eigenvalue weighted by Crippen LogP contribution is -2.39. The lowest BCUT2D eigenvalue weighted by atomic mass is 9.92. The van der Waals surface area contributed by atoms with Crippen LogP contribution in [0.2, 0.25) is 0 Å². The molecule has 220 valence electrons. The van der Waals surface area contributed by atoms with Crippen molar-refractivity contribution in [1.29, 1.82) is 0 Å². The minimum Gasteiger partial charge on any atom is -0.489 e. The van der Waals surface area contributed by atoms with Crippen LogP contribution in [0.25, 0.3) is 5.52 Å². The molecule has 0 bridgehead atoms. The van der Waals surface area contributed by atoms with Gasteiger partial charge >= 0.3 is 6.01 Å². The molecule has 0 atom stereocenters. The van der Waals surface area contributed by atoms with Crippen molar-refractivity contribution in [2.75, 3.05) is 19.8 Å². The lowest BCUT2D eigenvalue weighted by molar-refractivity contribution is 0.0279. The maximum atomic E-state index is 13.3. The van der Waals surface area contributed by atoms with Crippen LogP contribution in [-0.2, 0) is 0 Å². The predicted octanol–water partition coefficient (Wildman–Crippen LogP) is 1.71. The highest BCUT2D eigenvalue weighted by Crippen LogP contribution is 2.44. The van der Waals surface area contributed by atoms with E-state index in [0.717, 1.165) is 18.5 Å². The fraction of sp³-hybridized carbons (Fsp3) is 0.536. The molecule has 2 fully saturated rings. The van der Waals surface area contributed by atoms with E-state index in [1.165, 1.54) is 6.20 Å². The molecule has 41 heavy (non-hydrogen) atoms. The van der Waals surface area contributed by atoms with Gasteiger partial charge in [-0.15, -0.1) is 0 Å². The smallest absolute Gasteiger partial charge is 0.319 e. The molecule has 3 heterocycles. The SMILES string of the molecule is CC(C)(O)COc1ccc2c(C(=O)NC3CCC(Oc4nc(OCCN)ncc4C(N)=O)CC3)cnn2c1C1CC1. The molecule has 0 unspecified atom stereocenters. The molecule has 13 heteroatoms. The Bertz CT molecular complexity index is 1410. The van der Waals surface area contributed by atoms with Crippen molar-refractivity contribution >= 4 is 17.3 Å². The average molecular weight is 568 g/mol. The van der Waals surface area contributed by atoms with Crippen LogP contribution in [0.5, 0.6) is 17.6 Å². The third kappa shape index (κ3) is 6.85. The number of carbonyl (C=O) groups is 2. The van der Waals surface area contributed by atoms with Crippen LogP contribution in [0, 0.1) is 0 Å². The number of fused-ring (bicyclic) bond motifs is 1. The fourth-order valence-corrected chi connectivity index (χ4v) is 4.91. The summed E-state index contributed by atoms with van der Waals surface area (Å²) in [4.78, 5) is 33.3. The van der Waals surface area contributed by atoms with Gasteiger partial charge in [0.2, 0.25) is 5.88 Å². The standard InChI is InChI=1S/C28H37N7O6/c1-28(2,38)15-40-22-10-9-21-19(14-32-35(21)23(22)16-3-4-16)25(37)33-17-5-7-18(8-6-17)41-26-20(24(30)36)13-31-27(34-26)39-12-11-29/h9-10,13-14,16-18,38H,3-8,11-12,15,29H2,1-2H3,(H2,30,36)(H,33,37). The summed E-state index contributed by atoms with van der Waals surface area (Å²) in [6.45, 7) is 4.07. The Hall–Kier alpha value is -3.97. The monoisotopic (exact) mass is 567 g/mol. The molecule has 0 spiro atoms. The number of rotatable bonds is 12. The van der Waals surface area contributed by atoms with Gasteiger partial charge in [0, 0.05) is 18.5 Å². The van der Waals surface area contributed by atoms with Gasteiger partial charge in [0.1, 0.15) is 30.6 Å². The van der Waals surface area contributed by atoms with Gasteiger partial charge in [-0.2, -0.15) is 10.1 Å². The van der Waals surface area contributed by atoms with E-state index in [9.17, 15) is 14.7 Å². The zero-order valence-corrected chi connectivity index (χ0v) is 23.3. The van der Waals surface area contributed by atoms with Crippen LogP contribution in [0.15, 0.2) is 24.5 Å². The Kier molecular flexibility index (Phi) is 8.27. The first-order valence-electron chi connectivity index (χ1n) is 14.0. The van der Waals surface area contributed by atoms with Gasteiger partial charge in [0.25, 0.3) is 11.8 Å². The first-order chi connectivity index (χ1) is 19.6. The Labute approximate surface area is 237 Å². The molecule has 2 aliphatic rings. The number of aliphatic hydroxyl groups is 1. The maximum Gasteiger partial charge on any atom is 0.319 e. The number of hydrogen-bond acceptors (Lipinski definition) is 10. The topological polar surface area (TPSA) is 189 Å². The van der Waals surface area contributed by atoms with Gasteiger partial charge in [-0.1, -0.05) is 0 Å². The fourth-order valence-electron chi connectivity index (χ4n) is 4.91. The highest BCUT2D eigenvalue weighted by atomic mass is 16.5. The summed E-state index contributed by atoms with van der Waals surface area (Å²) in [5, 5.41) is 17.8. The second kappa shape index (κ2) is 11.9. The minimum absolute atomic E-state index is 0.0425. The van der Waals surface area contributed by atoms with Gasteiger partial charge in [0.05, 0.1) is 34.8 Å². The molecule has 3 aromatic rings. The third-order valence-electron chi connectivity index (χ3n) is 7.10. The molecule has 6 N–H and O–H groups in total. The van der Waals surface area contributed by atoms with Gasteiger partial charge in [-0.25, -0.2) is 9.50 Å². The molecule has 2 amide bonds. The van der Waals surface area contributed by atoms with Crippen molar-refractivity contribution in [3.63, 3.8) is 0 Å². The average Bonchev–Trinajstić information content (AvgIpc) is 3.68.